The molecule has 0 aliphatic heterocycles. The number of ketones is 1. The topological polar surface area (TPSA) is 67.2 Å². The molecule has 4 heteroatoms. The number of hydrogen-bond acceptors (Lipinski definition) is 4. The van der Waals surface area contributed by atoms with E-state index in [1.165, 1.54) is 6.92 Å². The summed E-state index contributed by atoms with van der Waals surface area (Å²) in [5.41, 5.74) is 0. The van der Waals surface area contributed by atoms with Crippen LogP contribution in [0.25, 0.3) is 0 Å². The number of nitriles is 1. The average molecular weight is 183 g/mol. The molecule has 0 aliphatic rings. The highest BCUT2D eigenvalue weighted by Crippen LogP contribution is 2.07. The van der Waals surface area contributed by atoms with Crippen LogP contribution in [0.4, 0.5) is 0 Å². The maximum atomic E-state index is 11.0. The Labute approximate surface area is 77.5 Å². The predicted molar refractivity (Wildman–Crippen MR) is 45.7 cm³/mol. The zero-order valence-corrected chi connectivity index (χ0v) is 7.87. The van der Waals surface area contributed by atoms with Crippen LogP contribution in [-0.4, -0.2) is 18.4 Å². The minimum atomic E-state index is -0.802. The van der Waals surface area contributed by atoms with Crippen molar-refractivity contribution < 1.29 is 14.3 Å². The van der Waals surface area contributed by atoms with Gasteiger partial charge in [-0.2, -0.15) is 5.26 Å². The lowest BCUT2D eigenvalue weighted by Gasteiger charge is -2.06. The van der Waals surface area contributed by atoms with E-state index in [-0.39, 0.29) is 25.2 Å². The molecule has 0 saturated carbocycles. The molecule has 13 heavy (non-hydrogen) atoms. The lowest BCUT2D eigenvalue weighted by molar-refractivity contribution is -0.146. The highest BCUT2D eigenvalue weighted by molar-refractivity contribution is 5.78. The van der Waals surface area contributed by atoms with E-state index in [2.05, 4.69) is 4.74 Å². The van der Waals surface area contributed by atoms with Crippen LogP contribution in [0, 0.1) is 17.2 Å². The number of esters is 1. The summed E-state index contributed by atoms with van der Waals surface area (Å²) in [5, 5.41) is 8.57. The summed E-state index contributed by atoms with van der Waals surface area (Å²) in [7, 11) is 0. The second-order valence-electron chi connectivity index (χ2n) is 2.67. The van der Waals surface area contributed by atoms with Gasteiger partial charge in [0.05, 0.1) is 12.7 Å². The summed E-state index contributed by atoms with van der Waals surface area (Å²) in [6.45, 7) is 3.37. The van der Waals surface area contributed by atoms with Crippen molar-refractivity contribution >= 4 is 11.8 Å². The Morgan fingerprint density at radius 3 is 2.54 bits per heavy atom. The number of hydrogen-bond donors (Lipinski definition) is 0. The molecule has 0 heterocycles. The molecule has 0 radical (unpaired) electrons. The maximum Gasteiger partial charge on any atom is 0.323 e. The third-order valence-electron chi connectivity index (χ3n) is 1.51. The van der Waals surface area contributed by atoms with Gasteiger partial charge in [-0.25, -0.2) is 0 Å². The summed E-state index contributed by atoms with van der Waals surface area (Å²) in [4.78, 5) is 21.6. The van der Waals surface area contributed by atoms with Crippen molar-refractivity contribution in [2.45, 2.75) is 26.7 Å². The first-order chi connectivity index (χ1) is 6.11. The summed E-state index contributed by atoms with van der Waals surface area (Å²) >= 11 is 0. The van der Waals surface area contributed by atoms with Crippen molar-refractivity contribution in [1.29, 1.82) is 5.26 Å². The number of carbonyl (C=O) groups is 2. The molecule has 0 fully saturated rings. The van der Waals surface area contributed by atoms with E-state index < -0.39 is 11.9 Å². The number of nitrogens with zero attached hydrogens (tertiary/aromatic N) is 1. The highest BCUT2D eigenvalue weighted by Gasteiger charge is 2.18. The number of ether oxygens (including phenoxy) is 1. The Morgan fingerprint density at radius 2 is 2.15 bits per heavy atom. The molecule has 0 bridgehead atoms. The summed E-state index contributed by atoms with van der Waals surface area (Å²) < 4.78 is 4.65. The molecule has 0 aromatic rings. The SMILES string of the molecule is CCOC(=O)[C@@H](C#N)CCC(C)=O. The Hall–Kier alpha value is -1.37. The summed E-state index contributed by atoms with van der Waals surface area (Å²) in [5.74, 6) is -1.36. The van der Waals surface area contributed by atoms with Gasteiger partial charge in [0.2, 0.25) is 0 Å². The van der Waals surface area contributed by atoms with Crippen molar-refractivity contribution in [2.24, 2.45) is 5.92 Å². The van der Waals surface area contributed by atoms with Crippen molar-refractivity contribution in [1.82, 2.24) is 0 Å². The van der Waals surface area contributed by atoms with Gasteiger partial charge in [0, 0.05) is 6.42 Å². The third kappa shape index (κ3) is 4.96. The quantitative estimate of drug-likeness (QED) is 0.597. The van der Waals surface area contributed by atoms with Gasteiger partial charge in [-0.1, -0.05) is 0 Å². The maximum absolute atomic E-state index is 11.0. The molecular weight excluding hydrogens is 170 g/mol. The van der Waals surface area contributed by atoms with Gasteiger partial charge in [0.15, 0.2) is 0 Å². The van der Waals surface area contributed by atoms with Crippen LogP contribution < -0.4 is 0 Å². The summed E-state index contributed by atoms with van der Waals surface area (Å²) in [6, 6.07) is 1.82. The first kappa shape index (κ1) is 11.6. The van der Waals surface area contributed by atoms with E-state index in [4.69, 9.17) is 5.26 Å². The van der Waals surface area contributed by atoms with E-state index >= 15 is 0 Å². The molecule has 0 saturated heterocycles. The molecule has 0 rings (SSSR count). The second kappa shape index (κ2) is 6.18. The van der Waals surface area contributed by atoms with Gasteiger partial charge in [-0.3, -0.25) is 4.79 Å². The van der Waals surface area contributed by atoms with Gasteiger partial charge < -0.3 is 9.53 Å². The molecule has 4 nitrogen and oxygen atoms in total. The Morgan fingerprint density at radius 1 is 1.54 bits per heavy atom. The molecule has 0 aromatic heterocycles. The van der Waals surface area contributed by atoms with E-state index in [0.29, 0.717) is 0 Å². The van der Waals surface area contributed by atoms with Gasteiger partial charge in [-0.15, -0.1) is 0 Å². The van der Waals surface area contributed by atoms with Gasteiger partial charge in [-0.05, 0) is 20.3 Å². The van der Waals surface area contributed by atoms with Crippen LogP contribution in [0.1, 0.15) is 26.7 Å². The van der Waals surface area contributed by atoms with Crippen LogP contribution in [0.3, 0.4) is 0 Å². The molecule has 0 amide bonds. The number of rotatable bonds is 5. The van der Waals surface area contributed by atoms with Gasteiger partial charge >= 0.3 is 5.97 Å². The zero-order valence-electron chi connectivity index (χ0n) is 7.87. The molecule has 0 unspecified atom stereocenters. The molecule has 0 N–H and O–H groups in total. The average Bonchev–Trinajstić information content (AvgIpc) is 2.05. The van der Waals surface area contributed by atoms with Crippen LogP contribution in [0.5, 0.6) is 0 Å². The lowest BCUT2D eigenvalue weighted by atomic mass is 10.0. The smallest absolute Gasteiger partial charge is 0.323 e. The zero-order chi connectivity index (χ0) is 10.3. The molecule has 72 valence electrons. The van der Waals surface area contributed by atoms with Crippen LogP contribution in [-0.2, 0) is 14.3 Å². The lowest BCUT2D eigenvalue weighted by Crippen LogP contribution is -2.16. The van der Waals surface area contributed by atoms with E-state index in [0.717, 1.165) is 0 Å². The second-order valence-corrected chi connectivity index (χ2v) is 2.67. The minimum Gasteiger partial charge on any atom is -0.465 e. The first-order valence-corrected chi connectivity index (χ1v) is 4.17. The summed E-state index contributed by atoms with van der Waals surface area (Å²) in [6.07, 6.45) is 0.502. The number of Topliss-reactive ketones (excluding diaryl/α,β-unsaturated/α-hetero) is 1. The van der Waals surface area contributed by atoms with Crippen molar-refractivity contribution in [3.05, 3.63) is 0 Å². The molecular formula is C9H13NO3. The van der Waals surface area contributed by atoms with Crippen LogP contribution >= 0.6 is 0 Å². The molecule has 0 spiro atoms. The largest absolute Gasteiger partial charge is 0.465 e. The Kier molecular flexibility index (Phi) is 5.53. The van der Waals surface area contributed by atoms with Crippen molar-refractivity contribution in [2.75, 3.05) is 6.61 Å². The van der Waals surface area contributed by atoms with Crippen molar-refractivity contribution in [3.8, 4) is 6.07 Å². The van der Waals surface area contributed by atoms with Crippen molar-refractivity contribution in [3.63, 3.8) is 0 Å². The molecule has 0 aromatic carbocycles. The van der Waals surface area contributed by atoms with Gasteiger partial charge in [0.1, 0.15) is 11.7 Å². The minimum absolute atomic E-state index is 0.0236. The molecule has 0 aliphatic carbocycles. The standard InChI is InChI=1S/C9H13NO3/c1-3-13-9(12)8(6-10)5-4-7(2)11/h8H,3-5H2,1-2H3/t8-/m1/s1. The van der Waals surface area contributed by atoms with E-state index in [9.17, 15) is 9.59 Å². The monoisotopic (exact) mass is 183 g/mol. The normalized spacial score (nSPS) is 11.5. The fourth-order valence-electron chi connectivity index (χ4n) is 0.826. The predicted octanol–water partition coefficient (Wildman–Crippen LogP) is 1.06. The van der Waals surface area contributed by atoms with Crippen LogP contribution in [0.15, 0.2) is 0 Å². The third-order valence-corrected chi connectivity index (χ3v) is 1.51. The fourth-order valence-corrected chi connectivity index (χ4v) is 0.826. The van der Waals surface area contributed by atoms with E-state index in [1.54, 1.807) is 6.92 Å². The van der Waals surface area contributed by atoms with Gasteiger partial charge in [0.25, 0.3) is 0 Å². The number of carbonyl (C=O) groups excluding carboxylic acids is 2. The fraction of sp³-hybridized carbons (Fsp3) is 0.667. The first-order valence-electron chi connectivity index (χ1n) is 4.17. The highest BCUT2D eigenvalue weighted by atomic mass is 16.5. The Bertz CT molecular complexity index is 230. The van der Waals surface area contributed by atoms with E-state index in [1.807, 2.05) is 6.07 Å². The Balaban J connectivity index is 3.97. The van der Waals surface area contributed by atoms with Crippen LogP contribution in [0.2, 0.25) is 0 Å². The molecule has 1 atom stereocenters.